The molecule has 110 valence electrons. The normalized spacial score (nSPS) is 15.7. The second-order valence-corrected chi connectivity index (χ2v) is 5.71. The number of carbonyl (C=O) groups excluding carboxylic acids is 2. The van der Waals surface area contributed by atoms with Gasteiger partial charge in [-0.15, -0.1) is 0 Å². The molecule has 1 saturated carbocycles. The minimum atomic E-state index is -0.421. The average Bonchev–Trinajstić information content (AvgIpc) is 2.77. The fraction of sp³-hybridized carbons (Fsp3) is 0.583. The molecule has 0 aliphatic heterocycles. The van der Waals surface area contributed by atoms with Gasteiger partial charge < -0.3 is 5.32 Å². The Labute approximate surface area is 125 Å². The van der Waals surface area contributed by atoms with Crippen LogP contribution in [-0.2, 0) is 7.05 Å². The highest BCUT2D eigenvalue weighted by molar-refractivity contribution is 9.10. The summed E-state index contributed by atoms with van der Waals surface area (Å²) in [5.41, 5.74) is 5.08. The summed E-state index contributed by atoms with van der Waals surface area (Å²) in [6, 6.07) is -0.187. The predicted molar refractivity (Wildman–Crippen MR) is 76.9 cm³/mol. The number of aryl methyl sites for hydroxylation is 1. The molecule has 0 bridgehead atoms. The van der Waals surface area contributed by atoms with Gasteiger partial charge in [0.25, 0.3) is 5.91 Å². The molecule has 0 radical (unpaired) electrons. The lowest BCUT2D eigenvalue weighted by Gasteiger charge is -2.22. The number of carbonyl (C=O) groups is 2. The smallest absolute Gasteiger partial charge is 0.333 e. The SMILES string of the molecule is Cn1ncc(Br)c1C(=O)NNC(=O)NC1CCCCC1. The molecule has 1 aromatic rings. The van der Waals surface area contributed by atoms with Crippen LogP contribution in [0.1, 0.15) is 42.6 Å². The van der Waals surface area contributed by atoms with E-state index in [0.29, 0.717) is 10.2 Å². The van der Waals surface area contributed by atoms with Gasteiger partial charge in [0.15, 0.2) is 0 Å². The second-order valence-electron chi connectivity index (χ2n) is 4.85. The van der Waals surface area contributed by atoms with Crippen LogP contribution < -0.4 is 16.2 Å². The van der Waals surface area contributed by atoms with E-state index >= 15 is 0 Å². The third kappa shape index (κ3) is 3.72. The quantitative estimate of drug-likeness (QED) is 0.710. The van der Waals surface area contributed by atoms with Gasteiger partial charge >= 0.3 is 6.03 Å². The number of hydrogen-bond donors (Lipinski definition) is 3. The Balaban J connectivity index is 1.79. The van der Waals surface area contributed by atoms with Gasteiger partial charge in [-0.25, -0.2) is 10.2 Å². The molecule has 0 aromatic carbocycles. The van der Waals surface area contributed by atoms with Gasteiger partial charge in [-0.3, -0.25) is 14.9 Å². The van der Waals surface area contributed by atoms with Crippen LogP contribution in [0, 0.1) is 0 Å². The third-order valence-electron chi connectivity index (χ3n) is 3.34. The monoisotopic (exact) mass is 343 g/mol. The molecule has 3 amide bonds. The molecule has 3 N–H and O–H groups in total. The van der Waals surface area contributed by atoms with Gasteiger partial charge in [0.1, 0.15) is 5.69 Å². The highest BCUT2D eigenvalue weighted by atomic mass is 79.9. The predicted octanol–water partition coefficient (Wildman–Crippen LogP) is 1.46. The number of nitrogens with zero attached hydrogens (tertiary/aromatic N) is 2. The summed E-state index contributed by atoms with van der Waals surface area (Å²) in [5.74, 6) is -0.421. The molecule has 0 unspecified atom stereocenters. The molecule has 0 spiro atoms. The Hall–Kier alpha value is -1.57. The fourth-order valence-electron chi connectivity index (χ4n) is 2.31. The number of hydrogen-bond acceptors (Lipinski definition) is 3. The van der Waals surface area contributed by atoms with Gasteiger partial charge in [-0.1, -0.05) is 19.3 Å². The molecule has 1 fully saturated rings. The molecule has 0 atom stereocenters. The van der Waals surface area contributed by atoms with Gasteiger partial charge in [0, 0.05) is 13.1 Å². The molecule has 1 aliphatic carbocycles. The van der Waals surface area contributed by atoms with Crippen LogP contribution in [0.15, 0.2) is 10.7 Å². The zero-order valence-corrected chi connectivity index (χ0v) is 12.9. The van der Waals surface area contributed by atoms with E-state index in [4.69, 9.17) is 0 Å². The van der Waals surface area contributed by atoms with Crippen LogP contribution in [0.3, 0.4) is 0 Å². The summed E-state index contributed by atoms with van der Waals surface area (Å²) in [7, 11) is 1.65. The van der Waals surface area contributed by atoms with E-state index in [9.17, 15) is 9.59 Å². The van der Waals surface area contributed by atoms with Crippen molar-refractivity contribution in [1.29, 1.82) is 0 Å². The van der Waals surface area contributed by atoms with E-state index in [1.165, 1.54) is 17.3 Å². The number of aromatic nitrogens is 2. The van der Waals surface area contributed by atoms with Crippen LogP contribution in [0.4, 0.5) is 4.79 Å². The largest absolute Gasteiger partial charge is 0.334 e. The van der Waals surface area contributed by atoms with Gasteiger partial charge in [-0.05, 0) is 28.8 Å². The van der Waals surface area contributed by atoms with Crippen molar-refractivity contribution >= 4 is 27.9 Å². The van der Waals surface area contributed by atoms with E-state index in [0.717, 1.165) is 25.7 Å². The summed E-state index contributed by atoms with van der Waals surface area (Å²) in [4.78, 5) is 23.6. The van der Waals surface area contributed by atoms with E-state index in [1.807, 2.05) is 0 Å². The molecule has 8 heteroatoms. The van der Waals surface area contributed by atoms with Crippen LogP contribution in [0.25, 0.3) is 0 Å². The van der Waals surface area contributed by atoms with Crippen LogP contribution in [0.5, 0.6) is 0 Å². The molecular formula is C12H18BrN5O2. The van der Waals surface area contributed by atoms with Crippen molar-refractivity contribution in [2.75, 3.05) is 0 Å². The maximum absolute atomic E-state index is 11.9. The van der Waals surface area contributed by atoms with Crippen molar-refractivity contribution in [3.8, 4) is 0 Å². The topological polar surface area (TPSA) is 88.1 Å². The highest BCUT2D eigenvalue weighted by Gasteiger charge is 2.18. The maximum Gasteiger partial charge on any atom is 0.333 e. The van der Waals surface area contributed by atoms with E-state index < -0.39 is 5.91 Å². The summed E-state index contributed by atoms with van der Waals surface area (Å²) in [6.07, 6.45) is 7.02. The van der Waals surface area contributed by atoms with Crippen molar-refractivity contribution in [2.24, 2.45) is 7.05 Å². The van der Waals surface area contributed by atoms with Crippen molar-refractivity contribution < 1.29 is 9.59 Å². The minimum Gasteiger partial charge on any atom is -0.334 e. The standard InChI is InChI=1S/C12H18BrN5O2/c1-18-10(9(13)7-14-18)11(19)16-17-12(20)15-8-5-3-2-4-6-8/h7-8H,2-6H2,1H3,(H,16,19)(H2,15,17,20). The highest BCUT2D eigenvalue weighted by Crippen LogP contribution is 2.17. The van der Waals surface area contributed by atoms with Crippen molar-refractivity contribution in [2.45, 2.75) is 38.1 Å². The summed E-state index contributed by atoms with van der Waals surface area (Å²) in [6.45, 7) is 0. The summed E-state index contributed by atoms with van der Waals surface area (Å²) < 4.78 is 2.01. The number of hydrazine groups is 1. The lowest BCUT2D eigenvalue weighted by atomic mass is 9.96. The Morgan fingerprint density at radius 1 is 1.30 bits per heavy atom. The first-order chi connectivity index (χ1) is 9.58. The lowest BCUT2D eigenvalue weighted by molar-refractivity contribution is 0.0925. The van der Waals surface area contributed by atoms with E-state index in [1.54, 1.807) is 7.05 Å². The van der Waals surface area contributed by atoms with Crippen LogP contribution in [-0.4, -0.2) is 27.8 Å². The summed E-state index contributed by atoms with van der Waals surface area (Å²) in [5, 5.41) is 6.79. The number of halogens is 1. The van der Waals surface area contributed by atoms with Crippen molar-refractivity contribution in [3.63, 3.8) is 0 Å². The second kappa shape index (κ2) is 6.74. The molecular weight excluding hydrogens is 326 g/mol. The molecule has 1 aliphatic rings. The van der Waals surface area contributed by atoms with Crippen LogP contribution in [0.2, 0.25) is 0 Å². The molecule has 0 saturated heterocycles. The Morgan fingerprint density at radius 2 is 2.00 bits per heavy atom. The van der Waals surface area contributed by atoms with Crippen molar-refractivity contribution in [1.82, 2.24) is 25.9 Å². The molecule has 2 rings (SSSR count). The van der Waals surface area contributed by atoms with Gasteiger partial charge in [0.05, 0.1) is 10.7 Å². The zero-order valence-electron chi connectivity index (χ0n) is 11.3. The number of amides is 3. The number of rotatable bonds is 2. The number of urea groups is 1. The Bertz CT molecular complexity index is 477. The number of nitrogens with one attached hydrogen (secondary N) is 3. The Morgan fingerprint density at radius 3 is 2.60 bits per heavy atom. The third-order valence-corrected chi connectivity index (χ3v) is 3.92. The first-order valence-electron chi connectivity index (χ1n) is 6.62. The fourth-order valence-corrected chi connectivity index (χ4v) is 2.84. The first-order valence-corrected chi connectivity index (χ1v) is 7.41. The van der Waals surface area contributed by atoms with Crippen LogP contribution >= 0.6 is 15.9 Å². The first kappa shape index (κ1) is 14.8. The lowest BCUT2D eigenvalue weighted by Crippen LogP contribution is -2.50. The molecule has 20 heavy (non-hydrogen) atoms. The maximum atomic E-state index is 11.9. The molecule has 7 nitrogen and oxygen atoms in total. The van der Waals surface area contributed by atoms with Gasteiger partial charge in [-0.2, -0.15) is 5.10 Å². The zero-order chi connectivity index (χ0) is 14.5. The van der Waals surface area contributed by atoms with E-state index in [-0.39, 0.29) is 12.1 Å². The average molecular weight is 344 g/mol. The molecule has 1 heterocycles. The van der Waals surface area contributed by atoms with E-state index in [2.05, 4.69) is 37.2 Å². The summed E-state index contributed by atoms with van der Waals surface area (Å²) >= 11 is 3.23. The molecule has 1 aromatic heterocycles. The van der Waals surface area contributed by atoms with Crippen molar-refractivity contribution in [3.05, 3.63) is 16.4 Å². The van der Waals surface area contributed by atoms with Gasteiger partial charge in [0.2, 0.25) is 0 Å². The Kier molecular flexibility index (Phi) is 4.99. The minimum absolute atomic E-state index is 0.198.